The van der Waals surface area contributed by atoms with Gasteiger partial charge in [0.05, 0.1) is 0 Å². The molecule has 0 aliphatic carbocycles. The van der Waals surface area contributed by atoms with Crippen molar-refractivity contribution < 1.29 is 4.79 Å². The number of rotatable bonds is 6. The molecule has 0 atom stereocenters. The first-order chi connectivity index (χ1) is 10.7. The Kier molecular flexibility index (Phi) is 6.71. The zero-order chi connectivity index (χ0) is 15.8. The van der Waals surface area contributed by atoms with Crippen LogP contribution in [-0.4, -0.2) is 17.5 Å². The number of carbonyl (C=O) groups is 1. The van der Waals surface area contributed by atoms with Crippen LogP contribution in [0.3, 0.4) is 0 Å². The van der Waals surface area contributed by atoms with E-state index < -0.39 is 0 Å². The number of nitrogens with zero attached hydrogens (tertiary/aromatic N) is 1. The van der Waals surface area contributed by atoms with Crippen molar-refractivity contribution in [1.29, 1.82) is 0 Å². The molecule has 0 fully saturated rings. The fourth-order valence-corrected chi connectivity index (χ4v) is 2.50. The molecule has 4 heteroatoms. The highest BCUT2D eigenvalue weighted by Gasteiger charge is 2.13. The maximum Gasteiger partial charge on any atom is 0.322 e. The number of anilines is 1. The van der Waals surface area contributed by atoms with Crippen LogP contribution in [0.1, 0.15) is 25.3 Å². The number of hydrogen-bond acceptors (Lipinski definition) is 1. The van der Waals surface area contributed by atoms with Crippen molar-refractivity contribution in [2.45, 2.75) is 26.3 Å². The fourth-order valence-electron chi connectivity index (χ4n) is 2.14. The maximum absolute atomic E-state index is 12.5. The molecule has 0 bridgehead atoms. The Morgan fingerprint density at radius 3 is 2.41 bits per heavy atom. The second-order valence-electron chi connectivity index (χ2n) is 5.20. The highest BCUT2D eigenvalue weighted by Crippen LogP contribution is 2.13. The van der Waals surface area contributed by atoms with Gasteiger partial charge in [-0.15, -0.1) is 0 Å². The minimum Gasteiger partial charge on any atom is -0.320 e. The van der Waals surface area contributed by atoms with E-state index in [0.29, 0.717) is 6.54 Å². The lowest BCUT2D eigenvalue weighted by atomic mass is 10.2. The van der Waals surface area contributed by atoms with Crippen LogP contribution in [0.5, 0.6) is 0 Å². The largest absolute Gasteiger partial charge is 0.322 e. The van der Waals surface area contributed by atoms with Gasteiger partial charge in [0.2, 0.25) is 0 Å². The average molecular weight is 408 g/mol. The zero-order valence-electron chi connectivity index (χ0n) is 12.8. The molecule has 22 heavy (non-hydrogen) atoms. The molecule has 0 saturated heterocycles. The SMILES string of the molecule is CCCCN(Cc1ccccc1)C(=O)Nc1ccc(I)cc1. The maximum atomic E-state index is 12.5. The van der Waals surface area contributed by atoms with Crippen LogP contribution in [0.25, 0.3) is 0 Å². The van der Waals surface area contributed by atoms with Crippen LogP contribution >= 0.6 is 22.6 Å². The van der Waals surface area contributed by atoms with Gasteiger partial charge in [0, 0.05) is 22.3 Å². The number of hydrogen-bond donors (Lipinski definition) is 1. The van der Waals surface area contributed by atoms with Crippen molar-refractivity contribution in [2.75, 3.05) is 11.9 Å². The van der Waals surface area contributed by atoms with E-state index >= 15 is 0 Å². The lowest BCUT2D eigenvalue weighted by Gasteiger charge is -2.23. The summed E-state index contributed by atoms with van der Waals surface area (Å²) >= 11 is 2.25. The summed E-state index contributed by atoms with van der Waals surface area (Å²) in [7, 11) is 0. The van der Waals surface area contributed by atoms with Crippen LogP contribution in [0.15, 0.2) is 54.6 Å². The molecule has 1 N–H and O–H groups in total. The second kappa shape index (κ2) is 8.78. The first-order valence-electron chi connectivity index (χ1n) is 7.54. The van der Waals surface area contributed by atoms with E-state index in [4.69, 9.17) is 0 Å². The third-order valence-electron chi connectivity index (χ3n) is 3.38. The van der Waals surface area contributed by atoms with E-state index in [1.165, 1.54) is 0 Å². The van der Waals surface area contributed by atoms with Gasteiger partial charge in [-0.1, -0.05) is 43.7 Å². The number of carbonyl (C=O) groups excluding carboxylic acids is 1. The van der Waals surface area contributed by atoms with Crippen molar-refractivity contribution in [3.63, 3.8) is 0 Å². The van der Waals surface area contributed by atoms with Crippen LogP contribution in [0.2, 0.25) is 0 Å². The molecule has 2 rings (SSSR count). The molecule has 2 aromatic rings. The summed E-state index contributed by atoms with van der Waals surface area (Å²) in [6.45, 7) is 3.54. The molecule has 2 aromatic carbocycles. The minimum atomic E-state index is -0.0430. The van der Waals surface area contributed by atoms with Crippen LogP contribution in [0, 0.1) is 3.57 Å². The third kappa shape index (κ3) is 5.33. The topological polar surface area (TPSA) is 32.3 Å². The van der Waals surface area contributed by atoms with E-state index in [9.17, 15) is 4.79 Å². The van der Waals surface area contributed by atoms with E-state index in [0.717, 1.165) is 34.2 Å². The summed E-state index contributed by atoms with van der Waals surface area (Å²) in [5.74, 6) is 0. The van der Waals surface area contributed by atoms with Crippen molar-refractivity contribution in [2.24, 2.45) is 0 Å². The molecular weight excluding hydrogens is 387 g/mol. The minimum absolute atomic E-state index is 0.0430. The van der Waals surface area contributed by atoms with Gasteiger partial charge in [0.15, 0.2) is 0 Å². The van der Waals surface area contributed by atoms with E-state index in [2.05, 4.69) is 47.0 Å². The first-order valence-corrected chi connectivity index (χ1v) is 8.62. The van der Waals surface area contributed by atoms with Crippen LogP contribution in [0.4, 0.5) is 10.5 Å². The normalized spacial score (nSPS) is 10.3. The van der Waals surface area contributed by atoms with Gasteiger partial charge in [0.1, 0.15) is 0 Å². The third-order valence-corrected chi connectivity index (χ3v) is 4.10. The monoisotopic (exact) mass is 408 g/mol. The summed E-state index contributed by atoms with van der Waals surface area (Å²) in [5.41, 5.74) is 1.98. The molecule has 116 valence electrons. The molecule has 0 aromatic heterocycles. The highest BCUT2D eigenvalue weighted by molar-refractivity contribution is 14.1. The predicted molar refractivity (Wildman–Crippen MR) is 99.9 cm³/mol. The van der Waals surface area contributed by atoms with Crippen LogP contribution in [-0.2, 0) is 6.54 Å². The summed E-state index contributed by atoms with van der Waals surface area (Å²) in [4.78, 5) is 14.4. The van der Waals surface area contributed by atoms with Gasteiger partial charge in [-0.2, -0.15) is 0 Å². The van der Waals surface area contributed by atoms with Gasteiger partial charge in [-0.25, -0.2) is 4.79 Å². The standard InChI is InChI=1S/C18H21IN2O/c1-2-3-13-21(14-15-7-5-4-6-8-15)18(22)20-17-11-9-16(19)10-12-17/h4-12H,2-3,13-14H2,1H3,(H,20,22). The van der Waals surface area contributed by atoms with Gasteiger partial charge < -0.3 is 10.2 Å². The molecule has 0 aliphatic heterocycles. The average Bonchev–Trinajstić information content (AvgIpc) is 2.54. The van der Waals surface area contributed by atoms with E-state index in [1.54, 1.807) is 0 Å². The fraction of sp³-hybridized carbons (Fsp3) is 0.278. The van der Waals surface area contributed by atoms with Gasteiger partial charge in [-0.05, 0) is 58.8 Å². The zero-order valence-corrected chi connectivity index (χ0v) is 14.9. The molecule has 0 unspecified atom stereocenters. The second-order valence-corrected chi connectivity index (χ2v) is 6.44. The number of benzene rings is 2. The number of amides is 2. The van der Waals surface area contributed by atoms with E-state index in [1.807, 2.05) is 47.4 Å². The molecule has 0 heterocycles. The van der Waals surface area contributed by atoms with Gasteiger partial charge >= 0.3 is 6.03 Å². The number of halogens is 1. The molecule has 0 spiro atoms. The summed E-state index contributed by atoms with van der Waals surface area (Å²) in [6, 6.07) is 17.9. The first kappa shape index (κ1) is 16.8. The molecule has 0 radical (unpaired) electrons. The quantitative estimate of drug-likeness (QED) is 0.661. The van der Waals surface area contributed by atoms with Gasteiger partial charge in [0.25, 0.3) is 0 Å². The highest BCUT2D eigenvalue weighted by atomic mass is 127. The van der Waals surface area contributed by atoms with Crippen molar-refractivity contribution in [1.82, 2.24) is 4.90 Å². The smallest absolute Gasteiger partial charge is 0.320 e. The Hall–Kier alpha value is -1.56. The van der Waals surface area contributed by atoms with Crippen LogP contribution < -0.4 is 5.32 Å². The van der Waals surface area contributed by atoms with Gasteiger partial charge in [-0.3, -0.25) is 0 Å². The molecule has 0 aliphatic rings. The Morgan fingerprint density at radius 1 is 1.09 bits per heavy atom. The van der Waals surface area contributed by atoms with Crippen molar-refractivity contribution in [3.8, 4) is 0 Å². The number of unbranched alkanes of at least 4 members (excludes halogenated alkanes) is 1. The summed E-state index contributed by atoms with van der Waals surface area (Å²) in [6.07, 6.45) is 2.08. The van der Waals surface area contributed by atoms with E-state index in [-0.39, 0.29) is 6.03 Å². The summed E-state index contributed by atoms with van der Waals surface area (Å²) < 4.78 is 1.16. The Morgan fingerprint density at radius 2 is 1.77 bits per heavy atom. The van der Waals surface area contributed by atoms with Crippen molar-refractivity contribution in [3.05, 3.63) is 63.7 Å². The number of urea groups is 1. The summed E-state index contributed by atoms with van der Waals surface area (Å²) in [5, 5.41) is 2.98. The Bertz CT molecular complexity index is 584. The molecule has 3 nitrogen and oxygen atoms in total. The Labute approximate surface area is 145 Å². The Balaban J connectivity index is 2.03. The molecule has 2 amide bonds. The molecule has 0 saturated carbocycles. The predicted octanol–water partition coefficient (Wildman–Crippen LogP) is 5.13. The lowest BCUT2D eigenvalue weighted by Crippen LogP contribution is -2.35. The lowest BCUT2D eigenvalue weighted by molar-refractivity contribution is 0.208. The van der Waals surface area contributed by atoms with Crippen molar-refractivity contribution >= 4 is 34.3 Å². The number of nitrogens with one attached hydrogen (secondary N) is 1. The molecular formula is C18H21IN2O.